The molecule has 2 nitrogen and oxygen atoms in total. The van der Waals surface area contributed by atoms with Gasteiger partial charge in [-0.1, -0.05) is 24.3 Å². The zero-order valence-electron chi connectivity index (χ0n) is 9.78. The molecule has 1 aliphatic rings. The Bertz CT molecular complexity index is 804. The molecule has 0 atom stereocenters. The summed E-state index contributed by atoms with van der Waals surface area (Å²) in [7, 11) is 1.60. The summed E-state index contributed by atoms with van der Waals surface area (Å²) in [6.45, 7) is 1.56. The fraction of sp³-hybridized carbons (Fsp3) is 0.133. The molecule has 0 bridgehead atoms. The van der Waals surface area contributed by atoms with Crippen LogP contribution in [0.15, 0.2) is 36.4 Å². The third-order valence-corrected chi connectivity index (χ3v) is 3.23. The third kappa shape index (κ3) is 1.30. The first kappa shape index (κ1) is 10.1. The van der Waals surface area contributed by atoms with Crippen LogP contribution in [0.3, 0.4) is 0 Å². The summed E-state index contributed by atoms with van der Waals surface area (Å²) in [6.07, 6.45) is 0. The van der Waals surface area contributed by atoms with Gasteiger partial charge in [-0.3, -0.25) is 4.79 Å². The SMILES string of the molecule is COc1cc2c(cc1C(C)=O)=c1ccccc1=2. The zero-order valence-corrected chi connectivity index (χ0v) is 9.78. The van der Waals surface area contributed by atoms with Gasteiger partial charge in [-0.05, 0) is 39.9 Å². The molecule has 84 valence electrons. The molecule has 0 unspecified atom stereocenters. The number of Topliss-reactive ketones (excluding diaryl/α,β-unsaturated/α-hetero) is 1. The molecule has 0 heterocycles. The van der Waals surface area contributed by atoms with E-state index in [1.807, 2.05) is 24.3 Å². The van der Waals surface area contributed by atoms with Crippen molar-refractivity contribution in [3.05, 3.63) is 62.8 Å². The van der Waals surface area contributed by atoms with Gasteiger partial charge in [0.15, 0.2) is 5.78 Å². The van der Waals surface area contributed by atoms with Crippen molar-refractivity contribution in [3.8, 4) is 5.75 Å². The van der Waals surface area contributed by atoms with Crippen LogP contribution in [0.4, 0.5) is 0 Å². The Balaban J connectivity index is 2.46. The van der Waals surface area contributed by atoms with E-state index in [0.29, 0.717) is 11.3 Å². The number of fused-ring (bicyclic) bond motifs is 2. The normalized spacial score (nSPS) is 11.2. The minimum absolute atomic E-state index is 0.0361. The molecule has 1 aliphatic carbocycles. The number of ketones is 1. The van der Waals surface area contributed by atoms with Gasteiger partial charge in [0.05, 0.1) is 12.7 Å². The molecule has 0 radical (unpaired) electrons. The monoisotopic (exact) mass is 224 g/mol. The molecule has 0 saturated carbocycles. The first-order valence-corrected chi connectivity index (χ1v) is 5.55. The van der Waals surface area contributed by atoms with Gasteiger partial charge in [0, 0.05) is 0 Å². The van der Waals surface area contributed by atoms with E-state index in [-0.39, 0.29) is 5.78 Å². The average molecular weight is 224 g/mol. The molecule has 0 saturated heterocycles. The van der Waals surface area contributed by atoms with Crippen molar-refractivity contribution in [2.24, 2.45) is 0 Å². The van der Waals surface area contributed by atoms with Gasteiger partial charge >= 0.3 is 0 Å². The highest BCUT2D eigenvalue weighted by Gasteiger charge is 2.11. The molecule has 3 rings (SSSR count). The van der Waals surface area contributed by atoms with Crippen LogP contribution in [0, 0.1) is 20.9 Å². The van der Waals surface area contributed by atoms with Crippen LogP contribution in [0.5, 0.6) is 5.75 Å². The molecule has 0 N–H and O–H groups in total. The van der Waals surface area contributed by atoms with E-state index >= 15 is 0 Å². The fourth-order valence-corrected chi connectivity index (χ4v) is 2.36. The highest BCUT2D eigenvalue weighted by molar-refractivity contribution is 5.96. The number of methoxy groups -OCH3 is 1. The highest BCUT2D eigenvalue weighted by atomic mass is 16.5. The maximum Gasteiger partial charge on any atom is 0.163 e. The van der Waals surface area contributed by atoms with Crippen LogP contribution in [-0.2, 0) is 0 Å². The Morgan fingerprint density at radius 1 is 1.00 bits per heavy atom. The van der Waals surface area contributed by atoms with Crippen molar-refractivity contribution >= 4 is 5.78 Å². The van der Waals surface area contributed by atoms with Crippen LogP contribution >= 0.6 is 0 Å². The molecular formula is C15H12O2. The van der Waals surface area contributed by atoms with Crippen molar-refractivity contribution in [2.45, 2.75) is 6.92 Å². The smallest absolute Gasteiger partial charge is 0.163 e. The summed E-state index contributed by atoms with van der Waals surface area (Å²) < 4.78 is 5.27. The molecule has 2 aromatic rings. The van der Waals surface area contributed by atoms with Gasteiger partial charge in [-0.15, -0.1) is 0 Å². The molecule has 0 fully saturated rings. The molecule has 2 aromatic carbocycles. The lowest BCUT2D eigenvalue weighted by atomic mass is 9.97. The maximum absolute atomic E-state index is 11.5. The van der Waals surface area contributed by atoms with Crippen molar-refractivity contribution < 1.29 is 9.53 Å². The Labute approximate surface area is 98.5 Å². The maximum atomic E-state index is 11.5. The van der Waals surface area contributed by atoms with E-state index < -0.39 is 0 Å². The number of rotatable bonds is 2. The zero-order chi connectivity index (χ0) is 12.0. The van der Waals surface area contributed by atoms with Crippen LogP contribution in [0.25, 0.3) is 0 Å². The number of carbonyl (C=O) groups excluding carboxylic acids is 1. The Morgan fingerprint density at radius 3 is 2.12 bits per heavy atom. The summed E-state index contributed by atoms with van der Waals surface area (Å²) in [5.74, 6) is 0.694. The summed E-state index contributed by atoms with van der Waals surface area (Å²) in [5.41, 5.74) is 0.653. The van der Waals surface area contributed by atoms with Crippen LogP contribution in [-0.4, -0.2) is 12.9 Å². The van der Waals surface area contributed by atoms with Crippen molar-refractivity contribution in [3.63, 3.8) is 0 Å². The predicted octanol–water partition coefficient (Wildman–Crippen LogP) is 2.79. The highest BCUT2D eigenvalue weighted by Crippen LogP contribution is 2.24. The number of benzene rings is 2. The fourth-order valence-electron chi connectivity index (χ4n) is 2.36. The number of hydrogen-bond donors (Lipinski definition) is 0. The molecule has 17 heavy (non-hydrogen) atoms. The van der Waals surface area contributed by atoms with E-state index in [1.54, 1.807) is 14.0 Å². The van der Waals surface area contributed by atoms with Gasteiger partial charge in [-0.25, -0.2) is 0 Å². The summed E-state index contributed by atoms with van der Waals surface area (Å²) in [4.78, 5) is 11.5. The summed E-state index contributed by atoms with van der Waals surface area (Å²) in [5, 5.41) is 4.76. The van der Waals surface area contributed by atoms with Gasteiger partial charge in [0.1, 0.15) is 5.75 Å². The van der Waals surface area contributed by atoms with E-state index in [4.69, 9.17) is 4.74 Å². The van der Waals surface area contributed by atoms with Gasteiger partial charge < -0.3 is 4.74 Å². The lowest BCUT2D eigenvalue weighted by Crippen LogP contribution is -2.01. The van der Waals surface area contributed by atoms with E-state index in [2.05, 4.69) is 12.1 Å². The van der Waals surface area contributed by atoms with Crippen molar-refractivity contribution in [2.75, 3.05) is 7.11 Å². The Morgan fingerprint density at radius 2 is 1.59 bits per heavy atom. The van der Waals surface area contributed by atoms with E-state index in [0.717, 1.165) is 5.22 Å². The standard InChI is InChI=1S/C15H12O2/c1-9(16)12-7-13-10-5-3-4-6-11(10)14(13)8-15(12)17-2/h3-8H,1-2H3. The summed E-state index contributed by atoms with van der Waals surface area (Å²) in [6, 6.07) is 12.1. The largest absolute Gasteiger partial charge is 0.496 e. The molecular weight excluding hydrogens is 212 g/mol. The second kappa shape index (κ2) is 3.45. The number of carbonyl (C=O) groups is 1. The van der Waals surface area contributed by atoms with Crippen molar-refractivity contribution in [1.82, 2.24) is 0 Å². The predicted molar refractivity (Wildman–Crippen MR) is 64.8 cm³/mol. The minimum Gasteiger partial charge on any atom is -0.496 e. The first-order chi connectivity index (χ1) is 8.22. The van der Waals surface area contributed by atoms with E-state index in [9.17, 15) is 4.79 Å². The second-order valence-electron chi connectivity index (χ2n) is 4.20. The Kier molecular flexibility index (Phi) is 2.05. The lowest BCUT2D eigenvalue weighted by Gasteiger charge is -2.10. The lowest BCUT2D eigenvalue weighted by molar-refractivity contribution is 0.101. The first-order valence-electron chi connectivity index (χ1n) is 5.55. The molecule has 0 spiro atoms. The van der Waals surface area contributed by atoms with Gasteiger partial charge in [-0.2, -0.15) is 0 Å². The number of ether oxygens (including phenoxy) is 1. The van der Waals surface area contributed by atoms with Crippen molar-refractivity contribution in [1.29, 1.82) is 0 Å². The molecule has 0 amide bonds. The molecule has 0 aromatic heterocycles. The number of hydrogen-bond acceptors (Lipinski definition) is 2. The molecule has 0 aliphatic heterocycles. The van der Waals surface area contributed by atoms with Crippen LogP contribution in [0.1, 0.15) is 17.3 Å². The van der Waals surface area contributed by atoms with Gasteiger partial charge in [0.25, 0.3) is 0 Å². The minimum atomic E-state index is 0.0361. The topological polar surface area (TPSA) is 26.3 Å². The molecule has 2 heteroatoms. The Hall–Kier alpha value is -2.09. The quantitative estimate of drug-likeness (QED) is 0.626. The second-order valence-corrected chi connectivity index (χ2v) is 4.20. The van der Waals surface area contributed by atoms with Crippen LogP contribution in [0.2, 0.25) is 0 Å². The average Bonchev–Trinajstić information content (AvgIpc) is 2.34. The summed E-state index contributed by atoms with van der Waals surface area (Å²) >= 11 is 0. The van der Waals surface area contributed by atoms with Crippen LogP contribution < -0.4 is 4.74 Å². The third-order valence-electron chi connectivity index (χ3n) is 3.23. The van der Waals surface area contributed by atoms with E-state index in [1.165, 1.54) is 15.7 Å². The van der Waals surface area contributed by atoms with Gasteiger partial charge in [0.2, 0.25) is 0 Å².